The van der Waals surface area contributed by atoms with Crippen molar-refractivity contribution >= 4 is 16.2 Å². The summed E-state index contributed by atoms with van der Waals surface area (Å²) in [7, 11) is -5.76. The molecule has 2 aliphatic carbocycles. The van der Waals surface area contributed by atoms with E-state index in [0.717, 1.165) is 16.8 Å². The van der Waals surface area contributed by atoms with Crippen LogP contribution in [0.4, 0.5) is 17.6 Å². The van der Waals surface area contributed by atoms with Crippen molar-refractivity contribution in [3.8, 4) is 5.69 Å². The molecule has 0 spiro atoms. The van der Waals surface area contributed by atoms with Crippen LogP contribution in [0.15, 0.2) is 47.9 Å². The summed E-state index contributed by atoms with van der Waals surface area (Å²) in [4.78, 5) is 0. The second-order valence-corrected chi connectivity index (χ2v) is 8.75. The van der Waals surface area contributed by atoms with Gasteiger partial charge in [0.25, 0.3) is 0 Å². The molecular formula is C19H16F4N2O3S. The van der Waals surface area contributed by atoms with Crippen molar-refractivity contribution in [1.82, 2.24) is 9.78 Å². The Morgan fingerprint density at radius 1 is 1.21 bits per heavy atom. The van der Waals surface area contributed by atoms with E-state index in [-0.39, 0.29) is 18.0 Å². The van der Waals surface area contributed by atoms with Gasteiger partial charge in [-0.1, -0.05) is 5.57 Å². The van der Waals surface area contributed by atoms with Gasteiger partial charge >= 0.3 is 15.6 Å². The maximum absolute atomic E-state index is 13.2. The monoisotopic (exact) mass is 428 g/mol. The highest BCUT2D eigenvalue weighted by atomic mass is 32.2. The number of halogens is 4. The molecule has 10 heteroatoms. The smallest absolute Gasteiger partial charge is 0.380 e. The van der Waals surface area contributed by atoms with Crippen LogP contribution in [0, 0.1) is 11.2 Å². The zero-order chi connectivity index (χ0) is 21.0. The van der Waals surface area contributed by atoms with Crippen molar-refractivity contribution in [3.63, 3.8) is 0 Å². The summed E-state index contributed by atoms with van der Waals surface area (Å²) >= 11 is 0. The molecule has 5 nitrogen and oxygen atoms in total. The summed E-state index contributed by atoms with van der Waals surface area (Å²) < 4.78 is 80.9. The predicted molar refractivity (Wildman–Crippen MR) is 96.7 cm³/mol. The molecule has 2 aromatic rings. The molecular weight excluding hydrogens is 412 g/mol. The Labute approximate surface area is 164 Å². The number of benzene rings is 1. The Kier molecular flexibility index (Phi) is 4.38. The minimum atomic E-state index is -5.76. The molecule has 0 saturated carbocycles. The molecule has 29 heavy (non-hydrogen) atoms. The largest absolute Gasteiger partial charge is 0.534 e. The van der Waals surface area contributed by atoms with Crippen LogP contribution in [0.2, 0.25) is 0 Å². The average molecular weight is 428 g/mol. The topological polar surface area (TPSA) is 61.2 Å². The summed E-state index contributed by atoms with van der Waals surface area (Å²) in [5, 5.41) is 4.32. The van der Waals surface area contributed by atoms with E-state index in [2.05, 4.69) is 9.28 Å². The molecule has 0 saturated heterocycles. The Morgan fingerprint density at radius 2 is 1.90 bits per heavy atom. The fourth-order valence-electron chi connectivity index (χ4n) is 3.76. The van der Waals surface area contributed by atoms with E-state index in [9.17, 15) is 26.0 Å². The zero-order valence-corrected chi connectivity index (χ0v) is 16.0. The third-order valence-corrected chi connectivity index (χ3v) is 6.26. The van der Waals surface area contributed by atoms with Crippen molar-refractivity contribution in [1.29, 1.82) is 0 Å². The van der Waals surface area contributed by atoms with E-state index in [4.69, 9.17) is 0 Å². The van der Waals surface area contributed by atoms with Crippen LogP contribution < -0.4 is 0 Å². The highest BCUT2D eigenvalue weighted by Crippen LogP contribution is 2.50. The third kappa shape index (κ3) is 3.25. The van der Waals surface area contributed by atoms with Gasteiger partial charge in [0.1, 0.15) is 11.6 Å². The highest BCUT2D eigenvalue weighted by molar-refractivity contribution is 7.87. The molecule has 4 rings (SSSR count). The molecule has 0 unspecified atom stereocenters. The van der Waals surface area contributed by atoms with Crippen LogP contribution in [0.25, 0.3) is 11.8 Å². The van der Waals surface area contributed by atoms with Gasteiger partial charge in [0.2, 0.25) is 0 Å². The van der Waals surface area contributed by atoms with Crippen LogP contribution in [0.5, 0.6) is 0 Å². The Balaban J connectivity index is 1.73. The number of aromatic nitrogens is 2. The van der Waals surface area contributed by atoms with Crippen molar-refractivity contribution in [2.45, 2.75) is 31.7 Å². The number of alkyl halides is 3. The minimum Gasteiger partial charge on any atom is -0.380 e. The highest BCUT2D eigenvalue weighted by Gasteiger charge is 2.51. The van der Waals surface area contributed by atoms with E-state index < -0.39 is 21.0 Å². The van der Waals surface area contributed by atoms with Crippen LogP contribution in [0.3, 0.4) is 0 Å². The summed E-state index contributed by atoms with van der Waals surface area (Å²) in [6.07, 6.45) is 5.89. The lowest BCUT2D eigenvalue weighted by Crippen LogP contribution is -2.35. The predicted octanol–water partition coefficient (Wildman–Crippen LogP) is 4.50. The zero-order valence-electron chi connectivity index (χ0n) is 15.2. The molecule has 0 N–H and O–H groups in total. The fraction of sp³-hybridized carbons (Fsp3) is 0.316. The van der Waals surface area contributed by atoms with Gasteiger partial charge < -0.3 is 4.18 Å². The van der Waals surface area contributed by atoms with Gasteiger partial charge in [-0.15, -0.1) is 0 Å². The summed E-state index contributed by atoms with van der Waals surface area (Å²) in [6, 6.07) is 5.75. The molecule has 1 atom stereocenters. The Morgan fingerprint density at radius 3 is 2.55 bits per heavy atom. The molecule has 0 bridgehead atoms. The van der Waals surface area contributed by atoms with Gasteiger partial charge in [-0.2, -0.15) is 26.7 Å². The van der Waals surface area contributed by atoms with Gasteiger partial charge in [0.15, 0.2) is 0 Å². The molecule has 0 radical (unpaired) electrons. The van der Waals surface area contributed by atoms with Crippen molar-refractivity contribution in [2.24, 2.45) is 5.41 Å². The van der Waals surface area contributed by atoms with E-state index >= 15 is 0 Å². The van der Waals surface area contributed by atoms with E-state index in [1.54, 1.807) is 36.0 Å². The minimum absolute atomic E-state index is 0.229. The summed E-state index contributed by atoms with van der Waals surface area (Å²) in [6.45, 7) is 1.66. The van der Waals surface area contributed by atoms with Gasteiger partial charge in [0, 0.05) is 0 Å². The Hall–Kier alpha value is -2.62. The Bertz CT molecular complexity index is 1130. The fourth-order valence-corrected chi connectivity index (χ4v) is 4.34. The third-order valence-electron chi connectivity index (χ3n) is 5.29. The SMILES string of the molecule is C[C@]12Cc3cnn(-c4ccc(F)cc4)c3C=C1CCC=C2OS(=O)(=O)C(F)(F)F. The first-order chi connectivity index (χ1) is 13.5. The summed E-state index contributed by atoms with van der Waals surface area (Å²) in [5.41, 5.74) is -3.69. The molecule has 0 amide bonds. The van der Waals surface area contributed by atoms with E-state index in [1.807, 2.05) is 0 Å². The molecule has 1 aromatic heterocycles. The molecule has 0 aliphatic heterocycles. The van der Waals surface area contributed by atoms with Crippen molar-refractivity contribution < 1.29 is 30.2 Å². The van der Waals surface area contributed by atoms with Crippen LogP contribution in [-0.2, 0) is 20.7 Å². The number of hydrogen-bond acceptors (Lipinski definition) is 4. The second kappa shape index (κ2) is 6.45. The van der Waals surface area contributed by atoms with Crippen LogP contribution in [-0.4, -0.2) is 23.7 Å². The number of hydrogen-bond donors (Lipinski definition) is 0. The second-order valence-electron chi connectivity index (χ2n) is 7.21. The van der Waals surface area contributed by atoms with E-state index in [0.29, 0.717) is 18.5 Å². The van der Waals surface area contributed by atoms with Crippen LogP contribution in [0.1, 0.15) is 31.0 Å². The van der Waals surface area contributed by atoms with Crippen molar-refractivity contribution in [2.75, 3.05) is 0 Å². The van der Waals surface area contributed by atoms with Gasteiger partial charge in [0.05, 0.1) is 23.0 Å². The van der Waals surface area contributed by atoms with Crippen LogP contribution >= 0.6 is 0 Å². The average Bonchev–Trinajstić information content (AvgIpc) is 3.02. The lowest BCUT2D eigenvalue weighted by molar-refractivity contribution is -0.0531. The maximum Gasteiger partial charge on any atom is 0.534 e. The normalized spacial score (nSPS) is 21.7. The van der Waals surface area contributed by atoms with Gasteiger partial charge in [-0.3, -0.25) is 0 Å². The molecule has 2 aliphatic rings. The van der Waals surface area contributed by atoms with Gasteiger partial charge in [-0.25, -0.2) is 9.07 Å². The quantitative estimate of drug-likeness (QED) is 0.410. The molecule has 154 valence electrons. The molecule has 0 fully saturated rings. The lowest BCUT2D eigenvalue weighted by Gasteiger charge is -2.39. The summed E-state index contributed by atoms with van der Waals surface area (Å²) in [5.74, 6) is -0.613. The molecule has 1 heterocycles. The lowest BCUT2D eigenvalue weighted by atomic mass is 9.68. The van der Waals surface area contributed by atoms with Crippen molar-refractivity contribution in [3.05, 3.63) is 64.9 Å². The first kappa shape index (κ1) is 19.7. The first-order valence-corrected chi connectivity index (χ1v) is 10.2. The number of allylic oxidation sites excluding steroid dienone is 2. The number of rotatable bonds is 3. The number of fused-ring (bicyclic) bond motifs is 2. The van der Waals surface area contributed by atoms with Gasteiger partial charge in [-0.05, 0) is 68.2 Å². The maximum atomic E-state index is 13.2. The number of nitrogens with zero attached hydrogens (tertiary/aromatic N) is 2. The van der Waals surface area contributed by atoms with E-state index in [1.165, 1.54) is 18.2 Å². The molecule has 1 aromatic carbocycles. The standard InChI is InChI=1S/C19H16F4N2O3S/c1-18-10-12-11-24-25(15-7-5-14(20)6-8-15)16(12)9-13(18)3-2-4-17(18)28-29(26,27)19(21,22)23/h4-9,11H,2-3,10H2,1H3/t18-/m0/s1. The first-order valence-electron chi connectivity index (χ1n) is 8.76.